The zero-order valence-corrected chi connectivity index (χ0v) is 10.4. The molecule has 0 aliphatic heterocycles. The van der Waals surface area contributed by atoms with E-state index in [-0.39, 0.29) is 0 Å². The van der Waals surface area contributed by atoms with Crippen molar-refractivity contribution >= 4 is 46.4 Å². The largest absolute Gasteiger partial charge is 0.479 e. The molecule has 0 saturated heterocycles. The SMILES string of the molecule is O=C(O)CON=Cc1c(Cl)cccc1I. The molecule has 0 atom stereocenters. The van der Waals surface area contributed by atoms with Crippen molar-refractivity contribution in [3.63, 3.8) is 0 Å². The first-order chi connectivity index (χ1) is 7.11. The van der Waals surface area contributed by atoms with Crippen LogP contribution in [0.15, 0.2) is 23.4 Å². The molecular weight excluding hydrogens is 332 g/mol. The number of nitrogens with zero attached hydrogens (tertiary/aromatic N) is 1. The highest BCUT2D eigenvalue weighted by Gasteiger charge is 2.01. The first-order valence-corrected chi connectivity index (χ1v) is 5.38. The highest BCUT2D eigenvalue weighted by atomic mass is 127. The van der Waals surface area contributed by atoms with Crippen molar-refractivity contribution < 1.29 is 14.7 Å². The second kappa shape index (κ2) is 5.92. The number of rotatable bonds is 4. The van der Waals surface area contributed by atoms with Crippen LogP contribution >= 0.6 is 34.2 Å². The van der Waals surface area contributed by atoms with Gasteiger partial charge >= 0.3 is 5.97 Å². The van der Waals surface area contributed by atoms with Crippen molar-refractivity contribution in [1.82, 2.24) is 0 Å². The van der Waals surface area contributed by atoms with Crippen molar-refractivity contribution in [2.45, 2.75) is 0 Å². The predicted molar refractivity (Wildman–Crippen MR) is 65.4 cm³/mol. The molecule has 0 spiro atoms. The zero-order valence-electron chi connectivity index (χ0n) is 7.48. The maximum Gasteiger partial charge on any atom is 0.344 e. The van der Waals surface area contributed by atoms with E-state index in [1.165, 1.54) is 6.21 Å². The maximum atomic E-state index is 10.1. The van der Waals surface area contributed by atoms with Crippen LogP contribution < -0.4 is 0 Å². The number of aliphatic carboxylic acids is 1. The van der Waals surface area contributed by atoms with Crippen molar-refractivity contribution in [2.75, 3.05) is 6.61 Å². The Morgan fingerprint density at radius 2 is 2.40 bits per heavy atom. The molecule has 0 amide bonds. The quantitative estimate of drug-likeness (QED) is 0.520. The zero-order chi connectivity index (χ0) is 11.3. The summed E-state index contributed by atoms with van der Waals surface area (Å²) in [5.74, 6) is -1.07. The van der Waals surface area contributed by atoms with Gasteiger partial charge in [0, 0.05) is 9.13 Å². The lowest BCUT2D eigenvalue weighted by molar-refractivity contribution is -0.142. The lowest BCUT2D eigenvalue weighted by Crippen LogP contribution is -2.03. The Morgan fingerprint density at radius 3 is 3.00 bits per heavy atom. The summed E-state index contributed by atoms with van der Waals surface area (Å²) in [5.41, 5.74) is 0.713. The van der Waals surface area contributed by atoms with Crippen molar-refractivity contribution in [1.29, 1.82) is 0 Å². The summed E-state index contributed by atoms with van der Waals surface area (Å²) in [6.07, 6.45) is 1.40. The highest BCUT2D eigenvalue weighted by Crippen LogP contribution is 2.19. The predicted octanol–water partition coefficient (Wildman–Crippen LogP) is 2.38. The maximum absolute atomic E-state index is 10.1. The second-order valence-corrected chi connectivity index (χ2v) is 4.11. The van der Waals surface area contributed by atoms with Gasteiger partial charge in [0.15, 0.2) is 0 Å². The first kappa shape index (κ1) is 12.3. The second-order valence-electron chi connectivity index (χ2n) is 2.54. The average molecular weight is 340 g/mol. The van der Waals surface area contributed by atoms with Crippen LogP contribution in [0, 0.1) is 3.57 Å². The average Bonchev–Trinajstić information content (AvgIpc) is 2.15. The number of halogens is 2. The molecule has 0 unspecified atom stereocenters. The van der Waals surface area contributed by atoms with Crippen LogP contribution in [0.4, 0.5) is 0 Å². The minimum absolute atomic E-state index is 0.461. The molecule has 6 heteroatoms. The van der Waals surface area contributed by atoms with E-state index in [4.69, 9.17) is 16.7 Å². The fourth-order valence-electron chi connectivity index (χ4n) is 0.817. The molecule has 1 rings (SSSR count). The van der Waals surface area contributed by atoms with Crippen LogP contribution in [0.5, 0.6) is 0 Å². The van der Waals surface area contributed by atoms with E-state index in [0.29, 0.717) is 10.6 Å². The Balaban J connectivity index is 2.67. The summed E-state index contributed by atoms with van der Waals surface area (Å²) < 4.78 is 0.919. The van der Waals surface area contributed by atoms with Gasteiger partial charge in [-0.1, -0.05) is 22.8 Å². The number of carbonyl (C=O) groups is 1. The van der Waals surface area contributed by atoms with Gasteiger partial charge in [-0.05, 0) is 34.7 Å². The van der Waals surface area contributed by atoms with Gasteiger partial charge in [0.2, 0.25) is 6.61 Å². The van der Waals surface area contributed by atoms with E-state index in [2.05, 4.69) is 32.6 Å². The molecule has 1 aromatic carbocycles. The van der Waals surface area contributed by atoms with Crippen LogP contribution in [0.2, 0.25) is 5.02 Å². The van der Waals surface area contributed by atoms with Crippen LogP contribution in [0.3, 0.4) is 0 Å². The summed E-state index contributed by atoms with van der Waals surface area (Å²) in [6, 6.07) is 5.41. The van der Waals surface area contributed by atoms with Gasteiger partial charge in [0.25, 0.3) is 0 Å². The van der Waals surface area contributed by atoms with Crippen LogP contribution in [-0.4, -0.2) is 23.9 Å². The molecule has 0 aromatic heterocycles. The van der Waals surface area contributed by atoms with Crippen LogP contribution in [0.25, 0.3) is 0 Å². The molecule has 0 aliphatic rings. The molecular formula is C9H7ClINO3. The molecule has 4 nitrogen and oxygen atoms in total. The number of benzene rings is 1. The molecule has 0 bridgehead atoms. The number of carboxylic acids is 1. The van der Waals surface area contributed by atoms with Crippen molar-refractivity contribution in [2.24, 2.45) is 5.16 Å². The highest BCUT2D eigenvalue weighted by molar-refractivity contribution is 14.1. The summed E-state index contributed by atoms with van der Waals surface area (Å²) in [5, 5.41) is 12.3. The monoisotopic (exact) mass is 339 g/mol. The smallest absolute Gasteiger partial charge is 0.344 e. The number of carboxylic acid groups (broad SMARTS) is 1. The molecule has 0 heterocycles. The Labute approximate surface area is 105 Å². The Bertz CT molecular complexity index is 375. The van der Waals surface area contributed by atoms with Gasteiger partial charge < -0.3 is 9.94 Å². The first-order valence-electron chi connectivity index (χ1n) is 3.92. The fourth-order valence-corrected chi connectivity index (χ4v) is 1.84. The third-order valence-corrected chi connectivity index (χ3v) is 2.71. The Kier molecular flexibility index (Phi) is 4.83. The summed E-state index contributed by atoms with van der Waals surface area (Å²) >= 11 is 8.01. The van der Waals surface area contributed by atoms with E-state index in [1.807, 2.05) is 12.1 Å². The van der Waals surface area contributed by atoms with Crippen molar-refractivity contribution in [3.8, 4) is 0 Å². The van der Waals surface area contributed by atoms with Crippen LogP contribution in [0.1, 0.15) is 5.56 Å². The molecule has 15 heavy (non-hydrogen) atoms. The molecule has 1 aromatic rings. The summed E-state index contributed by atoms with van der Waals surface area (Å²) in [6.45, 7) is -0.461. The molecule has 0 saturated carbocycles. The van der Waals surface area contributed by atoms with E-state index < -0.39 is 12.6 Å². The molecule has 80 valence electrons. The fraction of sp³-hybridized carbons (Fsp3) is 0.111. The lowest BCUT2D eigenvalue weighted by atomic mass is 10.2. The van der Waals surface area contributed by atoms with Gasteiger partial charge in [-0.3, -0.25) is 0 Å². The van der Waals surface area contributed by atoms with E-state index >= 15 is 0 Å². The van der Waals surface area contributed by atoms with E-state index in [1.54, 1.807) is 6.07 Å². The van der Waals surface area contributed by atoms with Gasteiger partial charge in [-0.2, -0.15) is 0 Å². The Hall–Kier alpha value is -0.820. The molecule has 1 N–H and O–H groups in total. The number of oxime groups is 1. The lowest BCUT2D eigenvalue weighted by Gasteiger charge is -2.00. The number of hydrogen-bond acceptors (Lipinski definition) is 3. The standard InChI is InChI=1S/C9H7ClINO3/c10-7-2-1-3-8(11)6(7)4-12-15-5-9(13)14/h1-4H,5H2,(H,13,14). The summed E-state index contributed by atoms with van der Waals surface area (Å²) in [7, 11) is 0. The van der Waals surface area contributed by atoms with Gasteiger partial charge in [-0.15, -0.1) is 0 Å². The molecule has 0 aliphatic carbocycles. The summed E-state index contributed by atoms with van der Waals surface area (Å²) in [4.78, 5) is 14.6. The van der Waals surface area contributed by atoms with Gasteiger partial charge in [0.1, 0.15) is 0 Å². The van der Waals surface area contributed by atoms with Gasteiger partial charge in [0.05, 0.1) is 11.2 Å². The van der Waals surface area contributed by atoms with Crippen LogP contribution in [-0.2, 0) is 9.63 Å². The van der Waals surface area contributed by atoms with E-state index in [9.17, 15) is 4.79 Å². The third-order valence-electron chi connectivity index (χ3n) is 1.44. The molecule has 0 radical (unpaired) electrons. The normalized spacial score (nSPS) is 10.5. The molecule has 0 fully saturated rings. The number of hydrogen-bond donors (Lipinski definition) is 1. The third kappa shape index (κ3) is 4.05. The minimum atomic E-state index is -1.07. The minimum Gasteiger partial charge on any atom is -0.479 e. The van der Waals surface area contributed by atoms with E-state index in [0.717, 1.165) is 3.57 Å². The Morgan fingerprint density at radius 1 is 1.67 bits per heavy atom. The topological polar surface area (TPSA) is 58.9 Å². The van der Waals surface area contributed by atoms with Gasteiger partial charge in [-0.25, -0.2) is 4.79 Å². The van der Waals surface area contributed by atoms with Crippen molar-refractivity contribution in [3.05, 3.63) is 32.4 Å².